The largest absolute Gasteiger partial charge is 0.267 e. The van der Waals surface area contributed by atoms with Crippen LogP contribution in [0.25, 0.3) is 10.2 Å². The van der Waals surface area contributed by atoms with E-state index >= 15 is 0 Å². The molecule has 3 atom stereocenters. The molecule has 0 bridgehead atoms. The highest BCUT2D eigenvalue weighted by molar-refractivity contribution is 7.18. The average Bonchev–Trinajstić information content (AvgIpc) is 3.19. The number of hydrogen-bond donors (Lipinski definition) is 0. The Morgan fingerprint density at radius 2 is 1.85 bits per heavy atom. The first-order valence-electron chi connectivity index (χ1n) is 6.68. The maximum Gasteiger partial charge on any atom is 0.206 e. The summed E-state index contributed by atoms with van der Waals surface area (Å²) in [6.07, 6.45) is 0.00241. The number of fused-ring (bicyclic) bond motifs is 1. The minimum absolute atomic E-state index is 0.00241. The van der Waals surface area contributed by atoms with Gasteiger partial charge in [-0.15, -0.1) is 16.4 Å². The molecule has 0 radical (unpaired) electrons. The molecule has 1 aliphatic rings. The van der Waals surface area contributed by atoms with E-state index in [-0.39, 0.29) is 12.3 Å². The highest BCUT2D eigenvalue weighted by atomic mass is 32.1. The average molecular weight is 282 g/mol. The predicted octanol–water partition coefficient (Wildman–Crippen LogP) is 4.30. The van der Waals surface area contributed by atoms with Crippen LogP contribution in [0.3, 0.4) is 0 Å². The van der Waals surface area contributed by atoms with E-state index in [9.17, 15) is 0 Å². The molecule has 0 amide bonds. The molecule has 1 aromatic heterocycles. The number of para-hydroxylation sites is 1. The summed E-state index contributed by atoms with van der Waals surface area (Å²) in [6, 6.07) is 18.9. The second kappa shape index (κ2) is 4.66. The summed E-state index contributed by atoms with van der Waals surface area (Å²) in [6.45, 7) is 2.16. The van der Waals surface area contributed by atoms with E-state index in [1.165, 1.54) is 10.3 Å². The molecule has 0 spiro atoms. The zero-order chi connectivity index (χ0) is 13.5. The van der Waals surface area contributed by atoms with Crippen molar-refractivity contribution >= 4 is 21.6 Å². The Balaban J connectivity index is 1.57. The van der Waals surface area contributed by atoms with Crippen LogP contribution in [0.15, 0.2) is 54.6 Å². The van der Waals surface area contributed by atoms with Crippen LogP contribution in [0, 0.1) is 0 Å². The van der Waals surface area contributed by atoms with Crippen molar-refractivity contribution in [3.63, 3.8) is 0 Å². The molecule has 100 valence electrons. The monoisotopic (exact) mass is 282 g/mol. The molecular weight excluding hydrogens is 268 g/mol. The Labute approximate surface area is 121 Å². The number of benzene rings is 2. The number of hydroxylamine groups is 2. The maximum absolute atomic E-state index is 5.73. The second-order valence-electron chi connectivity index (χ2n) is 4.92. The summed E-state index contributed by atoms with van der Waals surface area (Å²) in [5.41, 5.74) is 2.31. The Morgan fingerprint density at radius 1 is 1.10 bits per heavy atom. The minimum Gasteiger partial charge on any atom is -0.267 e. The van der Waals surface area contributed by atoms with Gasteiger partial charge in [-0.2, -0.15) is 0 Å². The van der Waals surface area contributed by atoms with Gasteiger partial charge in [0.2, 0.25) is 6.23 Å². The molecule has 20 heavy (non-hydrogen) atoms. The van der Waals surface area contributed by atoms with Crippen LogP contribution < -0.4 is 0 Å². The van der Waals surface area contributed by atoms with Gasteiger partial charge in [0.05, 0.1) is 16.3 Å². The van der Waals surface area contributed by atoms with Gasteiger partial charge in [-0.1, -0.05) is 42.5 Å². The number of hydrogen-bond acceptors (Lipinski definition) is 4. The molecule has 1 saturated heterocycles. The molecule has 4 rings (SSSR count). The summed E-state index contributed by atoms with van der Waals surface area (Å²) in [7, 11) is 0. The van der Waals surface area contributed by atoms with E-state index < -0.39 is 0 Å². The van der Waals surface area contributed by atoms with Gasteiger partial charge in [-0.25, -0.2) is 4.98 Å². The molecule has 0 saturated carbocycles. The molecule has 3 aromatic rings. The molecule has 1 aliphatic heterocycles. The molecule has 2 heterocycles. The zero-order valence-electron chi connectivity index (χ0n) is 11.1. The second-order valence-corrected chi connectivity index (χ2v) is 5.99. The number of nitrogens with zero attached hydrogens (tertiary/aromatic N) is 2. The third-order valence-corrected chi connectivity index (χ3v) is 4.66. The first kappa shape index (κ1) is 12.0. The quantitative estimate of drug-likeness (QED) is 0.670. The third kappa shape index (κ3) is 2.02. The maximum atomic E-state index is 5.73. The van der Waals surface area contributed by atoms with E-state index in [0.29, 0.717) is 0 Å². The Bertz CT molecular complexity index is 707. The molecule has 1 unspecified atom stereocenters. The van der Waals surface area contributed by atoms with Crippen LogP contribution in [0.4, 0.5) is 0 Å². The van der Waals surface area contributed by atoms with E-state index in [0.717, 1.165) is 10.5 Å². The van der Waals surface area contributed by atoms with Crippen LogP contribution in [0.2, 0.25) is 0 Å². The molecule has 0 N–H and O–H groups in total. The summed E-state index contributed by atoms with van der Waals surface area (Å²) in [4.78, 5) is 10.4. The SMILES string of the molecule is C[C@H](c1ccccc1)N1O[C@@H]1c1nc2ccccc2s1. The summed E-state index contributed by atoms with van der Waals surface area (Å²) in [5.74, 6) is 0. The van der Waals surface area contributed by atoms with Crippen molar-refractivity contribution in [3.8, 4) is 0 Å². The first-order chi connectivity index (χ1) is 9.83. The lowest BCUT2D eigenvalue weighted by molar-refractivity contribution is 0.155. The smallest absolute Gasteiger partial charge is 0.206 e. The van der Waals surface area contributed by atoms with Gasteiger partial charge >= 0.3 is 0 Å². The number of rotatable bonds is 3. The first-order valence-corrected chi connectivity index (χ1v) is 7.50. The number of thiazole rings is 1. The lowest BCUT2D eigenvalue weighted by atomic mass is 10.1. The highest BCUT2D eigenvalue weighted by Crippen LogP contribution is 2.46. The van der Waals surface area contributed by atoms with Crippen molar-refractivity contribution in [1.29, 1.82) is 0 Å². The molecule has 4 heteroatoms. The number of aromatic nitrogens is 1. The van der Waals surface area contributed by atoms with E-state index in [1.807, 2.05) is 29.3 Å². The molecule has 1 fully saturated rings. The summed E-state index contributed by atoms with van der Waals surface area (Å²) in [5, 5.41) is 3.04. The fourth-order valence-corrected chi connectivity index (χ4v) is 3.39. The summed E-state index contributed by atoms with van der Waals surface area (Å²) >= 11 is 1.71. The van der Waals surface area contributed by atoms with Crippen molar-refractivity contribution in [3.05, 3.63) is 65.2 Å². The summed E-state index contributed by atoms with van der Waals surface area (Å²) < 4.78 is 1.21. The third-order valence-electron chi connectivity index (χ3n) is 3.59. The van der Waals surface area contributed by atoms with Crippen molar-refractivity contribution < 1.29 is 4.84 Å². The van der Waals surface area contributed by atoms with Crippen molar-refractivity contribution in [2.75, 3.05) is 0 Å². The van der Waals surface area contributed by atoms with Gasteiger partial charge in [0.15, 0.2) is 0 Å². The van der Waals surface area contributed by atoms with Crippen molar-refractivity contribution in [2.24, 2.45) is 0 Å². The Morgan fingerprint density at radius 3 is 2.65 bits per heavy atom. The topological polar surface area (TPSA) is 28.4 Å². The van der Waals surface area contributed by atoms with Crippen molar-refractivity contribution in [1.82, 2.24) is 10.0 Å². The standard InChI is InChI=1S/C16H14N2OS/c1-11(12-7-3-2-4-8-12)18-16(19-18)15-17-13-9-5-6-10-14(13)20-15/h2-11,16H,1H3/t11-,16-,18?/m1/s1. The molecule has 0 aliphatic carbocycles. The fraction of sp³-hybridized carbons (Fsp3) is 0.188. The molecule has 3 nitrogen and oxygen atoms in total. The normalized spacial score (nSPS) is 22.9. The van der Waals surface area contributed by atoms with Crippen LogP contribution >= 0.6 is 11.3 Å². The Hall–Kier alpha value is -1.75. The Kier molecular flexibility index (Phi) is 2.80. The lowest BCUT2D eigenvalue weighted by Crippen LogP contribution is -2.05. The zero-order valence-corrected chi connectivity index (χ0v) is 11.9. The van der Waals surface area contributed by atoms with Crippen LogP contribution in [-0.2, 0) is 4.84 Å². The van der Waals surface area contributed by atoms with Gasteiger partial charge in [0.1, 0.15) is 5.01 Å². The molecule has 2 aromatic carbocycles. The van der Waals surface area contributed by atoms with Crippen molar-refractivity contribution in [2.45, 2.75) is 19.2 Å². The van der Waals surface area contributed by atoms with E-state index in [1.54, 1.807) is 11.3 Å². The van der Waals surface area contributed by atoms with Crippen LogP contribution in [0.5, 0.6) is 0 Å². The minimum atomic E-state index is 0.00241. The van der Waals surface area contributed by atoms with Crippen LogP contribution in [-0.4, -0.2) is 10.0 Å². The highest BCUT2D eigenvalue weighted by Gasteiger charge is 2.44. The van der Waals surface area contributed by atoms with E-state index in [2.05, 4.69) is 42.2 Å². The fourth-order valence-electron chi connectivity index (χ4n) is 2.41. The van der Waals surface area contributed by atoms with Gasteiger partial charge in [0.25, 0.3) is 0 Å². The van der Waals surface area contributed by atoms with Gasteiger partial charge in [0, 0.05) is 0 Å². The van der Waals surface area contributed by atoms with Crippen LogP contribution in [0.1, 0.15) is 29.8 Å². The van der Waals surface area contributed by atoms with E-state index in [4.69, 9.17) is 4.84 Å². The van der Waals surface area contributed by atoms with Gasteiger partial charge in [-0.05, 0) is 24.6 Å². The predicted molar refractivity (Wildman–Crippen MR) is 80.1 cm³/mol. The van der Waals surface area contributed by atoms with Gasteiger partial charge in [-0.3, -0.25) is 4.84 Å². The molecular formula is C16H14N2OS. The lowest BCUT2D eigenvalue weighted by Gasteiger charge is -2.09. The van der Waals surface area contributed by atoms with Gasteiger partial charge < -0.3 is 0 Å².